The predicted octanol–water partition coefficient (Wildman–Crippen LogP) is 4.90. The quantitative estimate of drug-likeness (QED) is 0.620. The molecule has 1 amide bonds. The maximum atomic E-state index is 12.4. The third-order valence-corrected chi connectivity index (χ3v) is 4.47. The highest BCUT2D eigenvalue weighted by atomic mass is 35.5. The topological polar surface area (TPSA) is 55.4 Å². The maximum Gasteiger partial charge on any atom is 0.262 e. The summed E-state index contributed by atoms with van der Waals surface area (Å²) in [7, 11) is 0. The molecule has 0 aliphatic carbocycles. The second-order valence-electron chi connectivity index (χ2n) is 5.97. The van der Waals surface area contributed by atoms with Crippen LogP contribution in [0.5, 0.6) is 5.75 Å². The SMILES string of the molecule is Cc1c(Cl)cccc1NC(=O)COc1ccc(C(=O)c2ccccc2)cc1. The van der Waals surface area contributed by atoms with Crippen molar-refractivity contribution in [1.29, 1.82) is 0 Å². The third-order valence-electron chi connectivity index (χ3n) is 4.06. The van der Waals surface area contributed by atoms with Crippen LogP contribution in [0, 0.1) is 6.92 Å². The molecule has 0 atom stereocenters. The minimum Gasteiger partial charge on any atom is -0.484 e. The summed E-state index contributed by atoms with van der Waals surface area (Å²) in [4.78, 5) is 24.4. The first-order chi connectivity index (χ1) is 13.0. The minimum absolute atomic E-state index is 0.0590. The van der Waals surface area contributed by atoms with E-state index in [1.165, 1.54) is 0 Å². The van der Waals surface area contributed by atoms with Crippen LogP contribution in [0.2, 0.25) is 5.02 Å². The van der Waals surface area contributed by atoms with Crippen molar-refractivity contribution in [2.45, 2.75) is 6.92 Å². The van der Waals surface area contributed by atoms with Gasteiger partial charge in [0.05, 0.1) is 0 Å². The molecule has 3 aromatic rings. The van der Waals surface area contributed by atoms with Gasteiger partial charge < -0.3 is 10.1 Å². The minimum atomic E-state index is -0.287. The summed E-state index contributed by atoms with van der Waals surface area (Å²) in [5.41, 5.74) is 2.64. The summed E-state index contributed by atoms with van der Waals surface area (Å²) in [5, 5.41) is 3.36. The summed E-state index contributed by atoms with van der Waals surface area (Å²) in [5.74, 6) is 0.165. The lowest BCUT2D eigenvalue weighted by Crippen LogP contribution is -2.20. The summed E-state index contributed by atoms with van der Waals surface area (Å²) >= 11 is 6.04. The van der Waals surface area contributed by atoms with Crippen molar-refractivity contribution >= 4 is 29.0 Å². The van der Waals surface area contributed by atoms with Gasteiger partial charge in [-0.15, -0.1) is 0 Å². The number of nitrogens with one attached hydrogen (secondary N) is 1. The molecule has 0 aromatic heterocycles. The molecule has 0 saturated carbocycles. The lowest BCUT2D eigenvalue weighted by Gasteiger charge is -2.10. The number of hydrogen-bond donors (Lipinski definition) is 1. The molecule has 27 heavy (non-hydrogen) atoms. The molecule has 0 aliphatic rings. The summed E-state index contributed by atoms with van der Waals surface area (Å²) in [6, 6.07) is 21.1. The number of amides is 1. The molecular formula is C22H18ClNO3. The summed E-state index contributed by atoms with van der Waals surface area (Å²) in [6.45, 7) is 1.69. The largest absolute Gasteiger partial charge is 0.484 e. The van der Waals surface area contributed by atoms with Gasteiger partial charge in [0.1, 0.15) is 5.75 Å². The van der Waals surface area contributed by atoms with Crippen LogP contribution in [0.4, 0.5) is 5.69 Å². The van der Waals surface area contributed by atoms with E-state index < -0.39 is 0 Å². The standard InChI is InChI=1S/C22H18ClNO3/c1-15-19(23)8-5-9-20(15)24-21(25)14-27-18-12-10-17(11-13-18)22(26)16-6-3-2-4-7-16/h2-13H,14H2,1H3,(H,24,25). The van der Waals surface area contributed by atoms with E-state index in [-0.39, 0.29) is 18.3 Å². The predicted molar refractivity (Wildman–Crippen MR) is 107 cm³/mol. The first kappa shape index (κ1) is 18.7. The molecule has 0 spiro atoms. The van der Waals surface area contributed by atoms with Gasteiger partial charge in [-0.05, 0) is 48.9 Å². The second kappa shape index (κ2) is 8.52. The highest BCUT2D eigenvalue weighted by Crippen LogP contribution is 2.23. The van der Waals surface area contributed by atoms with Crippen molar-refractivity contribution in [1.82, 2.24) is 0 Å². The lowest BCUT2D eigenvalue weighted by atomic mass is 10.0. The van der Waals surface area contributed by atoms with E-state index >= 15 is 0 Å². The van der Waals surface area contributed by atoms with E-state index in [9.17, 15) is 9.59 Å². The Labute approximate surface area is 162 Å². The van der Waals surface area contributed by atoms with Crippen molar-refractivity contribution < 1.29 is 14.3 Å². The van der Waals surface area contributed by atoms with Gasteiger partial charge in [0.2, 0.25) is 0 Å². The van der Waals surface area contributed by atoms with E-state index in [1.54, 1.807) is 54.6 Å². The molecule has 0 bridgehead atoms. The van der Waals surface area contributed by atoms with Crippen LogP contribution in [0.15, 0.2) is 72.8 Å². The molecule has 0 fully saturated rings. The number of ketones is 1. The molecule has 4 nitrogen and oxygen atoms in total. The zero-order chi connectivity index (χ0) is 19.2. The van der Waals surface area contributed by atoms with Gasteiger partial charge in [-0.3, -0.25) is 9.59 Å². The van der Waals surface area contributed by atoms with Crippen LogP contribution in [0.3, 0.4) is 0 Å². The van der Waals surface area contributed by atoms with E-state index in [2.05, 4.69) is 5.32 Å². The molecule has 5 heteroatoms. The van der Waals surface area contributed by atoms with Gasteiger partial charge in [-0.1, -0.05) is 48.0 Å². The molecule has 3 aromatic carbocycles. The van der Waals surface area contributed by atoms with Gasteiger partial charge in [-0.2, -0.15) is 0 Å². The van der Waals surface area contributed by atoms with Crippen LogP contribution >= 0.6 is 11.6 Å². The molecule has 136 valence electrons. The highest BCUT2D eigenvalue weighted by molar-refractivity contribution is 6.31. The Morgan fingerprint density at radius 1 is 0.889 bits per heavy atom. The van der Waals surface area contributed by atoms with Crippen molar-refractivity contribution in [2.24, 2.45) is 0 Å². The molecule has 0 saturated heterocycles. The van der Waals surface area contributed by atoms with Gasteiger partial charge in [-0.25, -0.2) is 0 Å². The molecular weight excluding hydrogens is 362 g/mol. The lowest BCUT2D eigenvalue weighted by molar-refractivity contribution is -0.118. The van der Waals surface area contributed by atoms with Crippen LogP contribution < -0.4 is 10.1 Å². The Kier molecular flexibility index (Phi) is 5.89. The van der Waals surface area contributed by atoms with Gasteiger partial charge in [0.15, 0.2) is 12.4 Å². The smallest absolute Gasteiger partial charge is 0.262 e. The number of halogens is 1. The first-order valence-electron chi connectivity index (χ1n) is 8.42. The zero-order valence-corrected chi connectivity index (χ0v) is 15.5. The number of benzene rings is 3. The first-order valence-corrected chi connectivity index (χ1v) is 8.80. The number of rotatable bonds is 6. The number of hydrogen-bond acceptors (Lipinski definition) is 3. The second-order valence-corrected chi connectivity index (χ2v) is 6.38. The van der Waals surface area contributed by atoms with Crippen LogP contribution in [-0.2, 0) is 4.79 Å². The number of anilines is 1. The molecule has 0 heterocycles. The monoisotopic (exact) mass is 379 g/mol. The summed E-state index contributed by atoms with van der Waals surface area (Å²) < 4.78 is 5.49. The van der Waals surface area contributed by atoms with E-state index in [1.807, 2.05) is 25.1 Å². The fourth-order valence-electron chi connectivity index (χ4n) is 2.54. The van der Waals surface area contributed by atoms with E-state index in [4.69, 9.17) is 16.3 Å². The molecule has 0 radical (unpaired) electrons. The van der Waals surface area contributed by atoms with E-state index in [0.717, 1.165) is 5.56 Å². The van der Waals surface area contributed by atoms with Crippen LogP contribution in [-0.4, -0.2) is 18.3 Å². The third kappa shape index (κ3) is 4.74. The Bertz CT molecular complexity index is 953. The molecule has 3 rings (SSSR count). The Morgan fingerprint density at radius 2 is 1.56 bits per heavy atom. The average molecular weight is 380 g/mol. The van der Waals surface area contributed by atoms with Gasteiger partial charge >= 0.3 is 0 Å². The van der Waals surface area contributed by atoms with Crippen LogP contribution in [0.1, 0.15) is 21.5 Å². The van der Waals surface area contributed by atoms with Crippen molar-refractivity contribution in [3.05, 3.63) is 94.5 Å². The van der Waals surface area contributed by atoms with Crippen molar-refractivity contribution in [2.75, 3.05) is 11.9 Å². The normalized spacial score (nSPS) is 10.3. The number of ether oxygens (including phenoxy) is 1. The van der Waals surface area contributed by atoms with Gasteiger partial charge in [0.25, 0.3) is 5.91 Å². The Balaban J connectivity index is 1.58. The fourth-order valence-corrected chi connectivity index (χ4v) is 2.71. The van der Waals surface area contributed by atoms with Gasteiger partial charge in [0, 0.05) is 21.8 Å². The average Bonchev–Trinajstić information content (AvgIpc) is 2.70. The van der Waals surface area contributed by atoms with E-state index in [0.29, 0.717) is 27.6 Å². The highest BCUT2D eigenvalue weighted by Gasteiger charge is 2.10. The fraction of sp³-hybridized carbons (Fsp3) is 0.0909. The maximum absolute atomic E-state index is 12.4. The van der Waals surface area contributed by atoms with Crippen molar-refractivity contribution in [3.63, 3.8) is 0 Å². The molecule has 1 N–H and O–H groups in total. The Morgan fingerprint density at radius 3 is 2.26 bits per heavy atom. The molecule has 0 aliphatic heterocycles. The van der Waals surface area contributed by atoms with Crippen LogP contribution in [0.25, 0.3) is 0 Å². The molecule has 0 unspecified atom stereocenters. The number of carbonyl (C=O) groups is 2. The van der Waals surface area contributed by atoms with Crippen molar-refractivity contribution in [3.8, 4) is 5.75 Å². The summed E-state index contributed by atoms with van der Waals surface area (Å²) in [6.07, 6.45) is 0. The number of carbonyl (C=O) groups excluding carboxylic acids is 2. The zero-order valence-electron chi connectivity index (χ0n) is 14.7. The Hall–Kier alpha value is -3.11.